The Morgan fingerprint density at radius 3 is 2.71 bits per heavy atom. The minimum Gasteiger partial charge on any atom is -0.295 e. The molecule has 2 aromatic heterocycles. The SMILES string of the molecule is CN(Cc1ccncc1)Cc1nc(CCl)cs1. The van der Waals surface area contributed by atoms with E-state index in [4.69, 9.17) is 11.6 Å². The maximum absolute atomic E-state index is 5.73. The average Bonchev–Trinajstić information content (AvgIpc) is 2.78. The number of rotatable bonds is 5. The van der Waals surface area contributed by atoms with Crippen LogP contribution in [-0.4, -0.2) is 21.9 Å². The lowest BCUT2D eigenvalue weighted by atomic mass is 10.2. The van der Waals surface area contributed by atoms with Gasteiger partial charge in [-0.1, -0.05) is 0 Å². The van der Waals surface area contributed by atoms with E-state index in [1.165, 1.54) is 5.56 Å². The zero-order chi connectivity index (χ0) is 12.1. The fourth-order valence-corrected chi connectivity index (χ4v) is 2.67. The summed E-state index contributed by atoms with van der Waals surface area (Å²) >= 11 is 7.39. The molecule has 0 N–H and O–H groups in total. The predicted octanol–water partition coefficient (Wildman–Crippen LogP) is 2.91. The lowest BCUT2D eigenvalue weighted by Crippen LogP contribution is -2.17. The normalized spacial score (nSPS) is 11.0. The Bertz CT molecular complexity index is 458. The number of pyridine rings is 1. The molecule has 0 amide bonds. The van der Waals surface area contributed by atoms with Gasteiger partial charge in [0.05, 0.1) is 18.1 Å². The molecule has 2 aromatic rings. The van der Waals surface area contributed by atoms with Gasteiger partial charge in [-0.2, -0.15) is 0 Å². The van der Waals surface area contributed by atoms with Gasteiger partial charge in [-0.15, -0.1) is 22.9 Å². The summed E-state index contributed by atoms with van der Waals surface area (Å²) in [5.41, 5.74) is 2.22. The Hall–Kier alpha value is -0.970. The van der Waals surface area contributed by atoms with Gasteiger partial charge in [0, 0.05) is 24.3 Å². The molecule has 0 unspecified atom stereocenters. The molecule has 0 spiro atoms. The van der Waals surface area contributed by atoms with Crippen LogP contribution in [0, 0.1) is 0 Å². The van der Waals surface area contributed by atoms with Gasteiger partial charge in [-0.05, 0) is 24.7 Å². The molecule has 0 aliphatic rings. The van der Waals surface area contributed by atoms with Crippen LogP contribution in [0.5, 0.6) is 0 Å². The van der Waals surface area contributed by atoms with Crippen molar-refractivity contribution >= 4 is 22.9 Å². The Labute approximate surface area is 110 Å². The standard InChI is InChI=1S/C12H14ClN3S/c1-16(7-10-2-4-14-5-3-10)8-12-15-11(6-13)9-17-12/h2-5,9H,6-8H2,1H3. The first kappa shape index (κ1) is 12.5. The number of alkyl halides is 1. The topological polar surface area (TPSA) is 29.0 Å². The second-order valence-corrected chi connectivity index (χ2v) is 5.10. The summed E-state index contributed by atoms with van der Waals surface area (Å²) in [6, 6.07) is 4.06. The van der Waals surface area contributed by atoms with Crippen LogP contribution >= 0.6 is 22.9 Å². The van der Waals surface area contributed by atoms with Crippen molar-refractivity contribution in [3.8, 4) is 0 Å². The zero-order valence-electron chi connectivity index (χ0n) is 9.64. The maximum atomic E-state index is 5.73. The van der Waals surface area contributed by atoms with E-state index in [0.29, 0.717) is 5.88 Å². The van der Waals surface area contributed by atoms with Gasteiger partial charge in [0.25, 0.3) is 0 Å². The molecule has 5 heteroatoms. The van der Waals surface area contributed by atoms with Crippen LogP contribution in [-0.2, 0) is 19.0 Å². The Kier molecular flexibility index (Phi) is 4.48. The molecule has 90 valence electrons. The molecular weight excluding hydrogens is 254 g/mol. The predicted molar refractivity (Wildman–Crippen MR) is 71.1 cm³/mol. The van der Waals surface area contributed by atoms with E-state index < -0.39 is 0 Å². The van der Waals surface area contributed by atoms with Crippen molar-refractivity contribution in [3.63, 3.8) is 0 Å². The smallest absolute Gasteiger partial charge is 0.107 e. The molecule has 2 heterocycles. The molecule has 0 aromatic carbocycles. The van der Waals surface area contributed by atoms with Crippen molar-refractivity contribution in [2.24, 2.45) is 0 Å². The lowest BCUT2D eigenvalue weighted by molar-refractivity contribution is 0.318. The van der Waals surface area contributed by atoms with Gasteiger partial charge < -0.3 is 0 Å². The number of nitrogens with zero attached hydrogens (tertiary/aromatic N) is 3. The van der Waals surface area contributed by atoms with Crippen molar-refractivity contribution in [1.82, 2.24) is 14.9 Å². The molecular formula is C12H14ClN3S. The monoisotopic (exact) mass is 267 g/mol. The zero-order valence-corrected chi connectivity index (χ0v) is 11.2. The molecule has 0 bridgehead atoms. The summed E-state index contributed by atoms with van der Waals surface area (Å²) in [6.07, 6.45) is 3.64. The van der Waals surface area contributed by atoms with Gasteiger partial charge in [0.15, 0.2) is 0 Å². The minimum absolute atomic E-state index is 0.491. The largest absolute Gasteiger partial charge is 0.295 e. The lowest BCUT2D eigenvalue weighted by Gasteiger charge is -2.14. The van der Waals surface area contributed by atoms with Gasteiger partial charge in [0.2, 0.25) is 0 Å². The molecule has 0 aliphatic carbocycles. The van der Waals surface area contributed by atoms with E-state index in [2.05, 4.69) is 21.9 Å². The van der Waals surface area contributed by atoms with Crippen molar-refractivity contribution in [3.05, 3.63) is 46.2 Å². The summed E-state index contributed by atoms with van der Waals surface area (Å²) < 4.78 is 0. The minimum atomic E-state index is 0.491. The second kappa shape index (κ2) is 6.10. The van der Waals surface area contributed by atoms with Crippen molar-refractivity contribution in [2.45, 2.75) is 19.0 Å². The molecule has 0 fully saturated rings. The molecule has 0 aliphatic heterocycles. The Balaban J connectivity index is 1.91. The van der Waals surface area contributed by atoms with Crippen LogP contribution in [0.25, 0.3) is 0 Å². The van der Waals surface area contributed by atoms with Crippen LogP contribution in [0.1, 0.15) is 16.3 Å². The quantitative estimate of drug-likeness (QED) is 0.780. The molecule has 0 radical (unpaired) electrons. The summed E-state index contributed by atoms with van der Waals surface area (Å²) in [6.45, 7) is 1.75. The Morgan fingerprint density at radius 2 is 2.06 bits per heavy atom. The average molecular weight is 268 g/mol. The summed E-state index contributed by atoms with van der Waals surface area (Å²) in [7, 11) is 2.09. The van der Waals surface area contributed by atoms with E-state index >= 15 is 0 Å². The molecule has 2 rings (SSSR count). The molecule has 0 saturated carbocycles. The number of thiazole rings is 1. The van der Waals surface area contributed by atoms with Crippen LogP contribution in [0.2, 0.25) is 0 Å². The number of hydrogen-bond donors (Lipinski definition) is 0. The van der Waals surface area contributed by atoms with E-state index in [1.54, 1.807) is 11.3 Å². The third-order valence-corrected chi connectivity index (χ3v) is 3.50. The van der Waals surface area contributed by atoms with Crippen LogP contribution in [0.4, 0.5) is 0 Å². The highest BCUT2D eigenvalue weighted by Gasteiger charge is 2.05. The van der Waals surface area contributed by atoms with Crippen LogP contribution in [0.3, 0.4) is 0 Å². The van der Waals surface area contributed by atoms with Crippen LogP contribution in [0.15, 0.2) is 29.9 Å². The molecule has 0 saturated heterocycles. The van der Waals surface area contributed by atoms with E-state index in [9.17, 15) is 0 Å². The summed E-state index contributed by atoms with van der Waals surface area (Å²) in [5.74, 6) is 0.491. The Morgan fingerprint density at radius 1 is 1.29 bits per heavy atom. The van der Waals surface area contributed by atoms with Crippen molar-refractivity contribution < 1.29 is 0 Å². The van der Waals surface area contributed by atoms with Crippen LogP contribution < -0.4 is 0 Å². The highest BCUT2D eigenvalue weighted by atomic mass is 35.5. The molecule has 3 nitrogen and oxygen atoms in total. The maximum Gasteiger partial charge on any atom is 0.107 e. The van der Waals surface area contributed by atoms with E-state index in [-0.39, 0.29) is 0 Å². The van der Waals surface area contributed by atoms with Gasteiger partial charge in [-0.25, -0.2) is 4.98 Å². The molecule has 0 atom stereocenters. The first-order valence-electron chi connectivity index (χ1n) is 5.34. The molecule has 17 heavy (non-hydrogen) atoms. The number of aromatic nitrogens is 2. The van der Waals surface area contributed by atoms with Gasteiger partial charge in [-0.3, -0.25) is 9.88 Å². The number of halogens is 1. The fourth-order valence-electron chi connectivity index (χ4n) is 1.57. The highest BCUT2D eigenvalue weighted by Crippen LogP contribution is 2.14. The number of hydrogen-bond acceptors (Lipinski definition) is 4. The summed E-state index contributed by atoms with van der Waals surface area (Å²) in [5, 5.41) is 3.13. The van der Waals surface area contributed by atoms with E-state index in [0.717, 1.165) is 23.8 Å². The third kappa shape index (κ3) is 3.77. The first-order valence-corrected chi connectivity index (χ1v) is 6.76. The van der Waals surface area contributed by atoms with Crippen molar-refractivity contribution in [2.75, 3.05) is 7.05 Å². The van der Waals surface area contributed by atoms with E-state index in [1.807, 2.05) is 29.9 Å². The van der Waals surface area contributed by atoms with Gasteiger partial charge >= 0.3 is 0 Å². The highest BCUT2D eigenvalue weighted by molar-refractivity contribution is 7.09. The summed E-state index contributed by atoms with van der Waals surface area (Å²) in [4.78, 5) is 10.7. The fraction of sp³-hybridized carbons (Fsp3) is 0.333. The van der Waals surface area contributed by atoms with Gasteiger partial charge in [0.1, 0.15) is 5.01 Å². The van der Waals surface area contributed by atoms with Crippen molar-refractivity contribution in [1.29, 1.82) is 0 Å². The first-order chi connectivity index (χ1) is 8.28. The third-order valence-electron chi connectivity index (χ3n) is 2.34. The second-order valence-electron chi connectivity index (χ2n) is 3.89.